The summed E-state index contributed by atoms with van der Waals surface area (Å²) in [5, 5.41) is 3.41. The molecule has 1 aromatic carbocycles. The number of hydrogen-bond acceptors (Lipinski definition) is 6. The van der Waals surface area contributed by atoms with Gasteiger partial charge in [0.2, 0.25) is 5.95 Å². The maximum Gasteiger partial charge on any atom is 0.251 e. The highest BCUT2D eigenvalue weighted by Crippen LogP contribution is 2.24. The molecule has 0 spiro atoms. The van der Waals surface area contributed by atoms with E-state index in [4.69, 9.17) is 11.6 Å². The molecule has 32 heavy (non-hydrogen) atoms. The minimum atomic E-state index is -0.145. The second-order valence-corrected chi connectivity index (χ2v) is 8.48. The van der Waals surface area contributed by atoms with Gasteiger partial charge in [-0.15, -0.1) is 0 Å². The number of carbonyl (C=O) groups excluding carboxylic acids is 1. The van der Waals surface area contributed by atoms with Crippen LogP contribution < -0.4 is 10.2 Å². The van der Waals surface area contributed by atoms with Gasteiger partial charge in [0.1, 0.15) is 5.15 Å². The summed E-state index contributed by atoms with van der Waals surface area (Å²) in [5.41, 5.74) is 3.27. The molecule has 1 fully saturated rings. The number of carbonyl (C=O) groups is 1. The van der Waals surface area contributed by atoms with Crippen molar-refractivity contribution in [1.82, 2.24) is 25.2 Å². The topological polar surface area (TPSA) is 74.2 Å². The summed E-state index contributed by atoms with van der Waals surface area (Å²) in [6.07, 6.45) is 3.53. The van der Waals surface area contributed by atoms with E-state index < -0.39 is 0 Å². The van der Waals surface area contributed by atoms with Crippen LogP contribution in [0, 0.1) is 6.92 Å². The molecule has 1 amide bonds. The molecule has 1 N–H and O–H groups in total. The molecule has 0 bridgehead atoms. The smallest absolute Gasteiger partial charge is 0.251 e. The van der Waals surface area contributed by atoms with Crippen LogP contribution in [0.15, 0.2) is 54.9 Å². The molecule has 166 valence electrons. The number of hydrogen-bond donors (Lipinski definition) is 1. The third-order valence-corrected chi connectivity index (χ3v) is 5.79. The van der Waals surface area contributed by atoms with Crippen molar-refractivity contribution in [3.8, 4) is 11.3 Å². The molecule has 3 aromatic rings. The fourth-order valence-electron chi connectivity index (χ4n) is 3.95. The Hall–Kier alpha value is -3.03. The zero-order valence-electron chi connectivity index (χ0n) is 18.3. The number of aromatic nitrogens is 3. The average Bonchev–Trinajstić information content (AvgIpc) is 2.80. The van der Waals surface area contributed by atoms with Gasteiger partial charge >= 0.3 is 0 Å². The number of rotatable bonds is 6. The molecule has 0 saturated carbocycles. The van der Waals surface area contributed by atoms with E-state index in [0.717, 1.165) is 49.8 Å². The molecule has 1 saturated heterocycles. The number of piperazine rings is 1. The van der Waals surface area contributed by atoms with Gasteiger partial charge in [0.25, 0.3) is 5.91 Å². The number of anilines is 1. The van der Waals surface area contributed by atoms with E-state index in [0.29, 0.717) is 16.4 Å². The summed E-state index contributed by atoms with van der Waals surface area (Å²) in [6.45, 7) is 8.35. The van der Waals surface area contributed by atoms with Crippen molar-refractivity contribution < 1.29 is 4.79 Å². The standard InChI is InChI=1S/C24H27ClN6O/c1-17-6-3-4-7-20(17)21-14-19(15-22(25)29-21)23(32)28-18(2)16-30-10-12-31(13-11-30)24-26-8-5-9-27-24/h3-9,14-15,18H,10-13,16H2,1-2H3,(H,28,32). The Kier molecular flexibility index (Phi) is 6.97. The van der Waals surface area contributed by atoms with Crippen molar-refractivity contribution >= 4 is 23.5 Å². The van der Waals surface area contributed by atoms with Gasteiger partial charge in [0, 0.05) is 62.3 Å². The highest BCUT2D eigenvalue weighted by atomic mass is 35.5. The van der Waals surface area contributed by atoms with E-state index in [9.17, 15) is 4.79 Å². The van der Waals surface area contributed by atoms with E-state index in [1.54, 1.807) is 24.5 Å². The summed E-state index contributed by atoms with van der Waals surface area (Å²) in [7, 11) is 0. The quantitative estimate of drug-likeness (QED) is 0.580. The van der Waals surface area contributed by atoms with Crippen LogP contribution in [-0.4, -0.2) is 64.5 Å². The van der Waals surface area contributed by atoms with Gasteiger partial charge in [-0.3, -0.25) is 9.69 Å². The summed E-state index contributed by atoms with van der Waals surface area (Å²) in [6, 6.07) is 13.2. The summed E-state index contributed by atoms with van der Waals surface area (Å²) < 4.78 is 0. The van der Waals surface area contributed by atoms with Crippen LogP contribution in [0.2, 0.25) is 5.15 Å². The monoisotopic (exact) mass is 450 g/mol. The molecule has 4 rings (SSSR count). The van der Waals surface area contributed by atoms with Gasteiger partial charge in [0.15, 0.2) is 0 Å². The lowest BCUT2D eigenvalue weighted by Gasteiger charge is -2.35. The molecular weight excluding hydrogens is 424 g/mol. The summed E-state index contributed by atoms with van der Waals surface area (Å²) in [4.78, 5) is 30.5. The Morgan fingerprint density at radius 1 is 1.09 bits per heavy atom. The number of halogens is 1. The van der Waals surface area contributed by atoms with Crippen LogP contribution in [0.25, 0.3) is 11.3 Å². The first-order chi connectivity index (χ1) is 15.5. The first kappa shape index (κ1) is 22.2. The lowest BCUT2D eigenvalue weighted by Crippen LogP contribution is -2.51. The van der Waals surface area contributed by atoms with Gasteiger partial charge in [-0.25, -0.2) is 15.0 Å². The Bertz CT molecular complexity index is 1070. The molecule has 2 aromatic heterocycles. The fraction of sp³-hybridized carbons (Fsp3) is 0.333. The number of nitrogens with one attached hydrogen (secondary N) is 1. The molecule has 8 heteroatoms. The third kappa shape index (κ3) is 5.41. The molecular formula is C24H27ClN6O. The van der Waals surface area contributed by atoms with E-state index >= 15 is 0 Å². The molecule has 1 aliphatic heterocycles. The predicted octanol–water partition coefficient (Wildman–Crippen LogP) is 3.44. The minimum Gasteiger partial charge on any atom is -0.348 e. The van der Waals surface area contributed by atoms with Crippen LogP contribution in [0.5, 0.6) is 0 Å². The first-order valence-corrected chi connectivity index (χ1v) is 11.2. The van der Waals surface area contributed by atoms with Gasteiger partial charge < -0.3 is 10.2 Å². The second kappa shape index (κ2) is 10.1. The summed E-state index contributed by atoms with van der Waals surface area (Å²) in [5.74, 6) is 0.625. The number of nitrogens with zero attached hydrogens (tertiary/aromatic N) is 5. The molecule has 3 heterocycles. The highest BCUT2D eigenvalue weighted by Gasteiger charge is 2.21. The Balaban J connectivity index is 1.35. The van der Waals surface area contributed by atoms with E-state index in [1.165, 1.54) is 0 Å². The van der Waals surface area contributed by atoms with Gasteiger partial charge in [-0.1, -0.05) is 35.9 Å². The van der Waals surface area contributed by atoms with Crippen molar-refractivity contribution in [2.75, 3.05) is 37.6 Å². The van der Waals surface area contributed by atoms with Crippen LogP contribution in [-0.2, 0) is 0 Å². The van der Waals surface area contributed by atoms with Crippen LogP contribution in [0.4, 0.5) is 5.95 Å². The zero-order chi connectivity index (χ0) is 22.5. The molecule has 0 radical (unpaired) electrons. The highest BCUT2D eigenvalue weighted by molar-refractivity contribution is 6.30. The first-order valence-electron chi connectivity index (χ1n) is 10.8. The Morgan fingerprint density at radius 3 is 2.53 bits per heavy atom. The largest absolute Gasteiger partial charge is 0.348 e. The van der Waals surface area contributed by atoms with Crippen molar-refractivity contribution in [2.24, 2.45) is 0 Å². The maximum atomic E-state index is 12.9. The predicted molar refractivity (Wildman–Crippen MR) is 127 cm³/mol. The second-order valence-electron chi connectivity index (χ2n) is 8.09. The van der Waals surface area contributed by atoms with Gasteiger partial charge in [-0.2, -0.15) is 0 Å². The Labute approximate surface area is 193 Å². The normalized spacial score (nSPS) is 15.4. The molecule has 0 aliphatic carbocycles. The number of pyridine rings is 1. The van der Waals surface area contributed by atoms with Crippen LogP contribution in [0.3, 0.4) is 0 Å². The molecule has 1 unspecified atom stereocenters. The van der Waals surface area contributed by atoms with Crippen LogP contribution >= 0.6 is 11.6 Å². The molecule has 7 nitrogen and oxygen atoms in total. The van der Waals surface area contributed by atoms with Gasteiger partial charge in [0.05, 0.1) is 5.69 Å². The average molecular weight is 451 g/mol. The third-order valence-electron chi connectivity index (χ3n) is 5.59. The van der Waals surface area contributed by atoms with E-state index in [2.05, 4.69) is 30.1 Å². The maximum absolute atomic E-state index is 12.9. The zero-order valence-corrected chi connectivity index (χ0v) is 19.1. The molecule has 1 atom stereocenters. The van der Waals surface area contributed by atoms with Crippen molar-refractivity contribution in [3.63, 3.8) is 0 Å². The lowest BCUT2D eigenvalue weighted by atomic mass is 10.0. The minimum absolute atomic E-state index is 0.00382. The van der Waals surface area contributed by atoms with Crippen LogP contribution in [0.1, 0.15) is 22.8 Å². The number of benzene rings is 1. The fourth-order valence-corrected chi connectivity index (χ4v) is 4.16. The van der Waals surface area contributed by atoms with Crippen molar-refractivity contribution in [2.45, 2.75) is 19.9 Å². The van der Waals surface area contributed by atoms with E-state index in [1.807, 2.05) is 44.2 Å². The lowest BCUT2D eigenvalue weighted by molar-refractivity contribution is 0.0928. The van der Waals surface area contributed by atoms with Crippen molar-refractivity contribution in [3.05, 3.63) is 71.1 Å². The Morgan fingerprint density at radius 2 is 1.81 bits per heavy atom. The SMILES string of the molecule is Cc1ccccc1-c1cc(C(=O)NC(C)CN2CCN(c3ncccn3)CC2)cc(Cl)n1. The van der Waals surface area contributed by atoms with Gasteiger partial charge in [-0.05, 0) is 37.6 Å². The van der Waals surface area contributed by atoms with Crippen molar-refractivity contribution in [1.29, 1.82) is 0 Å². The van der Waals surface area contributed by atoms with E-state index in [-0.39, 0.29) is 11.9 Å². The number of amides is 1. The number of aryl methyl sites for hydroxylation is 1. The molecule has 1 aliphatic rings. The summed E-state index contributed by atoms with van der Waals surface area (Å²) >= 11 is 6.24.